The van der Waals surface area contributed by atoms with Crippen molar-refractivity contribution in [2.75, 3.05) is 0 Å². The summed E-state index contributed by atoms with van der Waals surface area (Å²) in [4.78, 5) is 9.30. The first-order valence-corrected chi connectivity index (χ1v) is 8.69. The maximum Gasteiger partial charge on any atom is 0.183 e. The largest absolute Gasteiger partial charge is 0.283 e. The second-order valence-electron chi connectivity index (χ2n) is 7.47. The first kappa shape index (κ1) is 16.4. The van der Waals surface area contributed by atoms with Gasteiger partial charge in [0.1, 0.15) is 11.3 Å². The van der Waals surface area contributed by atoms with E-state index in [4.69, 9.17) is 4.98 Å². The Labute approximate surface area is 152 Å². The van der Waals surface area contributed by atoms with Gasteiger partial charge in [0.05, 0.1) is 11.2 Å². The zero-order chi connectivity index (χ0) is 18.3. The topological polar surface area (TPSA) is 54.9 Å². The number of rotatable bonds is 2. The highest BCUT2D eigenvalue weighted by atomic mass is 15.2. The molecule has 3 heterocycles. The molecule has 0 saturated heterocycles. The van der Waals surface area contributed by atoms with Gasteiger partial charge >= 0.3 is 0 Å². The highest BCUT2D eigenvalue weighted by Crippen LogP contribution is 2.34. The van der Waals surface area contributed by atoms with Gasteiger partial charge in [-0.1, -0.05) is 45.0 Å². The minimum atomic E-state index is -0.135. The molecule has 5 heteroatoms. The van der Waals surface area contributed by atoms with Crippen molar-refractivity contribution in [1.29, 1.82) is 0 Å². The van der Waals surface area contributed by atoms with Crippen molar-refractivity contribution in [3.05, 3.63) is 66.1 Å². The van der Waals surface area contributed by atoms with Gasteiger partial charge in [-0.05, 0) is 30.7 Å². The molecule has 0 aliphatic heterocycles. The maximum atomic E-state index is 4.85. The van der Waals surface area contributed by atoms with Crippen molar-refractivity contribution in [2.24, 2.45) is 10.2 Å². The van der Waals surface area contributed by atoms with E-state index in [1.165, 1.54) is 0 Å². The highest BCUT2D eigenvalue weighted by Gasteiger charge is 2.24. The van der Waals surface area contributed by atoms with Gasteiger partial charge in [-0.2, -0.15) is 0 Å². The molecule has 0 atom stereocenters. The van der Waals surface area contributed by atoms with E-state index in [2.05, 4.69) is 49.0 Å². The third-order valence-corrected chi connectivity index (χ3v) is 4.39. The summed E-state index contributed by atoms with van der Waals surface area (Å²) in [5.41, 5.74) is 4.44. The number of nitrogens with zero attached hydrogens (tertiary/aromatic N) is 5. The van der Waals surface area contributed by atoms with Crippen LogP contribution in [0.4, 0.5) is 11.5 Å². The van der Waals surface area contributed by atoms with Crippen molar-refractivity contribution in [3.63, 3.8) is 0 Å². The molecule has 0 aliphatic rings. The van der Waals surface area contributed by atoms with Crippen molar-refractivity contribution in [3.8, 4) is 0 Å². The second-order valence-corrected chi connectivity index (χ2v) is 7.47. The van der Waals surface area contributed by atoms with Crippen molar-refractivity contribution < 1.29 is 0 Å². The number of hydrogen-bond acceptors (Lipinski definition) is 4. The molecule has 0 spiro atoms. The monoisotopic (exact) mass is 343 g/mol. The van der Waals surface area contributed by atoms with Gasteiger partial charge in [0.15, 0.2) is 5.82 Å². The molecule has 0 saturated carbocycles. The van der Waals surface area contributed by atoms with Crippen LogP contribution in [0.3, 0.4) is 0 Å². The number of hydrogen-bond donors (Lipinski definition) is 0. The number of aryl methyl sites for hydroxylation is 1. The molecule has 4 aromatic rings. The molecule has 0 aliphatic carbocycles. The number of para-hydroxylation sites is 1. The summed E-state index contributed by atoms with van der Waals surface area (Å²) in [7, 11) is 0. The van der Waals surface area contributed by atoms with E-state index in [-0.39, 0.29) is 5.41 Å². The summed E-state index contributed by atoms with van der Waals surface area (Å²) in [5, 5.41) is 10.2. The number of fused-ring (bicyclic) bond motifs is 2. The molecule has 0 N–H and O–H groups in total. The summed E-state index contributed by atoms with van der Waals surface area (Å²) >= 11 is 0. The van der Waals surface area contributed by atoms with E-state index in [1.807, 2.05) is 47.0 Å². The molecular weight excluding hydrogens is 322 g/mol. The smallest absolute Gasteiger partial charge is 0.183 e. The summed E-state index contributed by atoms with van der Waals surface area (Å²) in [6.45, 7) is 8.48. The molecule has 26 heavy (non-hydrogen) atoms. The number of benzene rings is 1. The van der Waals surface area contributed by atoms with Crippen LogP contribution in [0.25, 0.3) is 16.6 Å². The minimum absolute atomic E-state index is 0.135. The van der Waals surface area contributed by atoms with Gasteiger partial charge < -0.3 is 0 Å². The van der Waals surface area contributed by atoms with E-state index in [1.54, 1.807) is 6.20 Å². The highest BCUT2D eigenvalue weighted by molar-refractivity contribution is 5.88. The normalized spacial score (nSPS) is 12.5. The van der Waals surface area contributed by atoms with Crippen LogP contribution in [0.2, 0.25) is 0 Å². The van der Waals surface area contributed by atoms with E-state index >= 15 is 0 Å². The summed E-state index contributed by atoms with van der Waals surface area (Å²) in [5.74, 6) is 0.768. The molecule has 0 unspecified atom stereocenters. The summed E-state index contributed by atoms with van der Waals surface area (Å²) in [6.07, 6.45) is 3.76. The predicted octanol–water partition coefficient (Wildman–Crippen LogP) is 5.90. The molecule has 0 fully saturated rings. The van der Waals surface area contributed by atoms with Crippen molar-refractivity contribution >= 4 is 28.1 Å². The van der Waals surface area contributed by atoms with Crippen molar-refractivity contribution in [2.45, 2.75) is 33.1 Å². The van der Waals surface area contributed by atoms with Gasteiger partial charge in [-0.15, -0.1) is 10.2 Å². The molecule has 1 aromatic carbocycles. The van der Waals surface area contributed by atoms with Gasteiger partial charge in [-0.25, -0.2) is 4.98 Å². The van der Waals surface area contributed by atoms with Crippen LogP contribution >= 0.6 is 0 Å². The Morgan fingerprint density at radius 3 is 2.58 bits per heavy atom. The Morgan fingerprint density at radius 2 is 1.77 bits per heavy atom. The number of azo groups is 1. The molecule has 5 nitrogen and oxygen atoms in total. The van der Waals surface area contributed by atoms with Gasteiger partial charge in [0.2, 0.25) is 0 Å². The lowest BCUT2D eigenvalue weighted by molar-refractivity contribution is 0.574. The fourth-order valence-corrected chi connectivity index (χ4v) is 3.06. The average molecular weight is 343 g/mol. The number of pyridine rings is 2. The first-order chi connectivity index (χ1) is 12.4. The molecule has 0 amide bonds. The summed E-state index contributed by atoms with van der Waals surface area (Å²) in [6, 6.07) is 14.0. The molecule has 0 radical (unpaired) electrons. The first-order valence-electron chi connectivity index (χ1n) is 8.69. The lowest BCUT2D eigenvalue weighted by Gasteiger charge is -2.15. The van der Waals surface area contributed by atoms with E-state index < -0.39 is 0 Å². The Morgan fingerprint density at radius 1 is 0.962 bits per heavy atom. The lowest BCUT2D eigenvalue weighted by Crippen LogP contribution is -2.11. The van der Waals surface area contributed by atoms with Gasteiger partial charge in [0.25, 0.3) is 0 Å². The standard InChI is InChI=1S/C21H21N5/c1-14-8-7-13-26-19(14)23-18(21(2,3)4)20(26)25-24-16-11-5-9-15-10-6-12-22-17(15)16/h5-13H,1-4H3. The molecular formula is C21H21N5. The van der Waals surface area contributed by atoms with Crippen LogP contribution in [0, 0.1) is 6.92 Å². The number of aromatic nitrogens is 3. The van der Waals surface area contributed by atoms with Crippen LogP contribution in [-0.4, -0.2) is 14.4 Å². The average Bonchev–Trinajstić information content (AvgIpc) is 3.00. The Bertz CT molecular complexity index is 1130. The van der Waals surface area contributed by atoms with Crippen LogP contribution in [0.1, 0.15) is 32.0 Å². The van der Waals surface area contributed by atoms with Crippen LogP contribution < -0.4 is 0 Å². The third kappa shape index (κ3) is 2.75. The van der Waals surface area contributed by atoms with Crippen LogP contribution in [0.5, 0.6) is 0 Å². The predicted molar refractivity (Wildman–Crippen MR) is 105 cm³/mol. The molecule has 3 aromatic heterocycles. The third-order valence-electron chi connectivity index (χ3n) is 4.39. The SMILES string of the molecule is Cc1cccn2c(N=Nc3cccc4cccnc34)c(C(C)(C)C)nc12. The van der Waals surface area contributed by atoms with E-state index in [0.717, 1.165) is 39.3 Å². The quantitative estimate of drug-likeness (QED) is 0.425. The Hall–Kier alpha value is -3.08. The lowest BCUT2D eigenvalue weighted by atomic mass is 9.92. The zero-order valence-electron chi connectivity index (χ0n) is 15.4. The Kier molecular flexibility index (Phi) is 3.80. The van der Waals surface area contributed by atoms with E-state index in [0.29, 0.717) is 0 Å². The van der Waals surface area contributed by atoms with Gasteiger partial charge in [0, 0.05) is 23.2 Å². The Balaban J connectivity index is 1.91. The second kappa shape index (κ2) is 6.02. The maximum absolute atomic E-state index is 4.85. The van der Waals surface area contributed by atoms with Gasteiger partial charge in [-0.3, -0.25) is 9.38 Å². The molecule has 0 bridgehead atoms. The molecule has 4 rings (SSSR count). The number of imidazole rings is 1. The fourth-order valence-electron chi connectivity index (χ4n) is 3.06. The van der Waals surface area contributed by atoms with E-state index in [9.17, 15) is 0 Å². The molecule has 130 valence electrons. The van der Waals surface area contributed by atoms with Crippen molar-refractivity contribution in [1.82, 2.24) is 14.4 Å². The summed E-state index contributed by atoms with van der Waals surface area (Å²) < 4.78 is 2.01. The van der Waals surface area contributed by atoms with Crippen LogP contribution in [0.15, 0.2) is 65.1 Å². The van der Waals surface area contributed by atoms with Crippen LogP contribution in [-0.2, 0) is 5.41 Å². The minimum Gasteiger partial charge on any atom is -0.283 e. The fraction of sp³-hybridized carbons (Fsp3) is 0.238. The zero-order valence-corrected chi connectivity index (χ0v) is 15.4.